The van der Waals surface area contributed by atoms with Crippen LogP contribution in [0.2, 0.25) is 0 Å². The summed E-state index contributed by atoms with van der Waals surface area (Å²) in [6.45, 7) is 1.82. The van der Waals surface area contributed by atoms with Crippen molar-refractivity contribution in [3.8, 4) is 0 Å². The van der Waals surface area contributed by atoms with E-state index in [9.17, 15) is 4.79 Å². The Balaban J connectivity index is 2.04. The predicted molar refractivity (Wildman–Crippen MR) is 66.3 cm³/mol. The van der Waals surface area contributed by atoms with Crippen LogP contribution in [0.15, 0.2) is 0 Å². The van der Waals surface area contributed by atoms with Crippen molar-refractivity contribution in [1.29, 1.82) is 0 Å². The molecule has 1 rings (SSSR count). The van der Waals surface area contributed by atoms with Gasteiger partial charge in [0, 0.05) is 13.0 Å². The first-order valence-corrected chi connectivity index (χ1v) is 6.23. The van der Waals surface area contributed by atoms with E-state index in [-0.39, 0.29) is 11.3 Å². The Morgan fingerprint density at radius 2 is 2.13 bits per heavy atom. The van der Waals surface area contributed by atoms with Gasteiger partial charge < -0.3 is 10.2 Å². The van der Waals surface area contributed by atoms with Gasteiger partial charge in [-0.2, -0.15) is 12.6 Å². The number of nitrogens with zero attached hydrogens (tertiary/aromatic N) is 1. The molecule has 1 N–H and O–H groups in total. The van der Waals surface area contributed by atoms with Gasteiger partial charge >= 0.3 is 0 Å². The molecule has 1 saturated carbocycles. The number of hydrogen-bond donors (Lipinski definition) is 2. The number of carbonyl (C=O) groups is 1. The lowest BCUT2D eigenvalue weighted by Crippen LogP contribution is -2.29. The fourth-order valence-electron chi connectivity index (χ4n) is 1.59. The molecule has 3 nitrogen and oxygen atoms in total. The third kappa shape index (κ3) is 4.89. The fourth-order valence-corrected chi connectivity index (χ4v) is 2.02. The fraction of sp³-hybridized carbons (Fsp3) is 0.909. The molecule has 15 heavy (non-hydrogen) atoms. The maximum Gasteiger partial charge on any atom is 0.220 e. The van der Waals surface area contributed by atoms with E-state index in [1.54, 1.807) is 0 Å². The van der Waals surface area contributed by atoms with Crippen LogP contribution in [-0.2, 0) is 4.79 Å². The molecule has 0 aliphatic heterocycles. The van der Waals surface area contributed by atoms with E-state index in [0.717, 1.165) is 25.3 Å². The lowest BCUT2D eigenvalue weighted by Gasteiger charge is -2.13. The predicted octanol–water partition coefficient (Wildman–Crippen LogP) is 1.15. The zero-order valence-electron chi connectivity index (χ0n) is 9.75. The number of thiol groups is 1. The van der Waals surface area contributed by atoms with Gasteiger partial charge in [-0.05, 0) is 51.1 Å². The minimum Gasteiger partial charge on any atom is -0.356 e. The van der Waals surface area contributed by atoms with Crippen LogP contribution in [-0.4, -0.2) is 43.7 Å². The third-order valence-electron chi connectivity index (χ3n) is 2.93. The molecule has 0 aromatic carbocycles. The van der Waals surface area contributed by atoms with Crippen LogP contribution < -0.4 is 5.32 Å². The van der Waals surface area contributed by atoms with Gasteiger partial charge in [-0.3, -0.25) is 4.79 Å². The molecule has 1 amide bonds. The van der Waals surface area contributed by atoms with Gasteiger partial charge in [0.25, 0.3) is 0 Å². The molecule has 0 aromatic heterocycles. The highest BCUT2D eigenvalue weighted by Crippen LogP contribution is 2.49. The first-order valence-electron chi connectivity index (χ1n) is 5.60. The number of rotatable bonds is 7. The second-order valence-electron chi connectivity index (χ2n) is 4.84. The number of carbonyl (C=O) groups excluding carboxylic acids is 1. The second kappa shape index (κ2) is 5.75. The van der Waals surface area contributed by atoms with E-state index in [2.05, 4.69) is 22.8 Å². The van der Waals surface area contributed by atoms with Gasteiger partial charge in [0.05, 0.1) is 0 Å². The number of nitrogens with one attached hydrogen (secondary N) is 1. The monoisotopic (exact) mass is 230 g/mol. The first-order chi connectivity index (χ1) is 7.08. The maximum atomic E-state index is 11.5. The molecule has 0 saturated heterocycles. The molecule has 0 radical (unpaired) electrons. The SMILES string of the molecule is CN(C)CCCNC(=O)CC1(CS)CC1. The van der Waals surface area contributed by atoms with Crippen LogP contribution in [0.25, 0.3) is 0 Å². The average Bonchev–Trinajstić information content (AvgIpc) is 2.93. The highest BCUT2D eigenvalue weighted by atomic mass is 32.1. The normalized spacial score (nSPS) is 17.9. The summed E-state index contributed by atoms with van der Waals surface area (Å²) in [6, 6.07) is 0. The minimum atomic E-state index is 0.195. The molecule has 1 aliphatic rings. The summed E-state index contributed by atoms with van der Waals surface area (Å²) < 4.78 is 0. The van der Waals surface area contributed by atoms with Crippen molar-refractivity contribution in [3.05, 3.63) is 0 Å². The Bertz CT molecular complexity index is 215. The molecule has 1 fully saturated rings. The van der Waals surface area contributed by atoms with Crippen LogP contribution in [0, 0.1) is 5.41 Å². The topological polar surface area (TPSA) is 32.3 Å². The van der Waals surface area contributed by atoms with Crippen molar-refractivity contribution in [2.24, 2.45) is 5.41 Å². The summed E-state index contributed by atoms with van der Waals surface area (Å²) in [5.74, 6) is 1.04. The Morgan fingerprint density at radius 3 is 2.60 bits per heavy atom. The number of hydrogen-bond acceptors (Lipinski definition) is 3. The van der Waals surface area contributed by atoms with Crippen LogP contribution in [0.4, 0.5) is 0 Å². The maximum absolute atomic E-state index is 11.5. The van der Waals surface area contributed by atoms with Gasteiger partial charge in [0.1, 0.15) is 0 Å². The Morgan fingerprint density at radius 1 is 1.47 bits per heavy atom. The van der Waals surface area contributed by atoms with E-state index in [1.807, 2.05) is 14.1 Å². The lowest BCUT2D eigenvalue weighted by atomic mass is 10.1. The summed E-state index contributed by atoms with van der Waals surface area (Å²) in [7, 11) is 4.09. The third-order valence-corrected chi connectivity index (χ3v) is 3.60. The quantitative estimate of drug-likeness (QED) is 0.508. The molecule has 0 heterocycles. The van der Waals surface area contributed by atoms with Gasteiger partial charge in [-0.25, -0.2) is 0 Å². The first kappa shape index (κ1) is 12.8. The largest absolute Gasteiger partial charge is 0.356 e. The van der Waals surface area contributed by atoms with Crippen LogP contribution in [0.5, 0.6) is 0 Å². The van der Waals surface area contributed by atoms with Crippen molar-refractivity contribution in [2.45, 2.75) is 25.7 Å². The Hall–Kier alpha value is -0.220. The van der Waals surface area contributed by atoms with Gasteiger partial charge in [-0.1, -0.05) is 0 Å². The average molecular weight is 230 g/mol. The molecule has 88 valence electrons. The molecule has 4 heteroatoms. The smallest absolute Gasteiger partial charge is 0.220 e. The van der Waals surface area contributed by atoms with Crippen molar-refractivity contribution in [2.75, 3.05) is 32.9 Å². The molecule has 0 atom stereocenters. The van der Waals surface area contributed by atoms with Gasteiger partial charge in [0.2, 0.25) is 5.91 Å². The summed E-state index contributed by atoms with van der Waals surface area (Å²) in [4.78, 5) is 13.7. The summed E-state index contributed by atoms with van der Waals surface area (Å²) in [5.41, 5.74) is 0.245. The van der Waals surface area contributed by atoms with E-state index in [1.165, 1.54) is 12.8 Å². The molecule has 0 spiro atoms. The second-order valence-corrected chi connectivity index (χ2v) is 5.16. The standard InChI is InChI=1S/C11H22N2OS/c1-13(2)7-3-6-12-10(14)8-11(9-15)4-5-11/h15H,3-9H2,1-2H3,(H,12,14). The van der Waals surface area contributed by atoms with E-state index >= 15 is 0 Å². The molecule has 1 aliphatic carbocycles. The zero-order valence-corrected chi connectivity index (χ0v) is 10.6. The van der Waals surface area contributed by atoms with Crippen molar-refractivity contribution >= 4 is 18.5 Å². The summed E-state index contributed by atoms with van der Waals surface area (Å²) in [6.07, 6.45) is 4.02. The van der Waals surface area contributed by atoms with E-state index < -0.39 is 0 Å². The van der Waals surface area contributed by atoms with E-state index in [0.29, 0.717) is 6.42 Å². The van der Waals surface area contributed by atoms with Crippen molar-refractivity contribution in [3.63, 3.8) is 0 Å². The number of amides is 1. The van der Waals surface area contributed by atoms with Crippen LogP contribution >= 0.6 is 12.6 Å². The van der Waals surface area contributed by atoms with Crippen LogP contribution in [0.1, 0.15) is 25.7 Å². The Labute approximate surface area is 98.0 Å². The highest BCUT2D eigenvalue weighted by Gasteiger charge is 2.42. The molecular weight excluding hydrogens is 208 g/mol. The highest BCUT2D eigenvalue weighted by molar-refractivity contribution is 7.80. The van der Waals surface area contributed by atoms with Gasteiger partial charge in [0.15, 0.2) is 0 Å². The zero-order chi connectivity index (χ0) is 11.3. The molecule has 0 unspecified atom stereocenters. The van der Waals surface area contributed by atoms with Crippen molar-refractivity contribution < 1.29 is 4.79 Å². The Kier molecular flexibility index (Phi) is 4.93. The van der Waals surface area contributed by atoms with Crippen LogP contribution in [0.3, 0.4) is 0 Å². The molecular formula is C11H22N2OS. The summed E-state index contributed by atoms with van der Waals surface area (Å²) in [5, 5.41) is 2.97. The lowest BCUT2D eigenvalue weighted by molar-refractivity contribution is -0.122. The molecule has 0 aromatic rings. The molecule has 0 bridgehead atoms. The minimum absolute atomic E-state index is 0.195. The van der Waals surface area contributed by atoms with Gasteiger partial charge in [-0.15, -0.1) is 0 Å². The summed E-state index contributed by atoms with van der Waals surface area (Å²) >= 11 is 4.29. The van der Waals surface area contributed by atoms with E-state index in [4.69, 9.17) is 0 Å². The van der Waals surface area contributed by atoms with Crippen molar-refractivity contribution in [1.82, 2.24) is 10.2 Å².